The third kappa shape index (κ3) is 5.33. The summed E-state index contributed by atoms with van der Waals surface area (Å²) in [4.78, 5) is 0.0885. The van der Waals surface area contributed by atoms with Crippen LogP contribution in [-0.2, 0) is 10.0 Å². The van der Waals surface area contributed by atoms with Crippen LogP contribution in [0.1, 0.15) is 24.8 Å². The molecule has 0 radical (unpaired) electrons. The standard InChI is InChI=1S/C13H17ClN2O2S2/c1-19-8-4-2-3-7-16-20(17,18)12-6-5-11(10-15)13(14)9-12/h5-6,9,16H,2-4,7-8H2,1H3. The van der Waals surface area contributed by atoms with Crippen LogP contribution in [0.5, 0.6) is 0 Å². The van der Waals surface area contributed by atoms with Crippen molar-refractivity contribution in [3.8, 4) is 6.07 Å². The molecule has 1 rings (SSSR count). The fraction of sp³-hybridized carbons (Fsp3) is 0.462. The molecule has 0 fully saturated rings. The first-order valence-corrected chi connectivity index (χ1v) is 9.45. The van der Waals surface area contributed by atoms with Crippen LogP contribution in [-0.4, -0.2) is 27.0 Å². The maximum atomic E-state index is 12.0. The molecule has 0 aliphatic rings. The van der Waals surface area contributed by atoms with Crippen LogP contribution in [0.3, 0.4) is 0 Å². The second-order valence-corrected chi connectivity index (χ2v) is 7.36. The van der Waals surface area contributed by atoms with Crippen LogP contribution >= 0.6 is 23.4 Å². The first-order chi connectivity index (χ1) is 9.51. The van der Waals surface area contributed by atoms with Crippen LogP contribution in [0.4, 0.5) is 0 Å². The van der Waals surface area contributed by atoms with Crippen molar-refractivity contribution >= 4 is 33.4 Å². The number of unbranched alkanes of at least 4 members (excludes halogenated alkanes) is 2. The van der Waals surface area contributed by atoms with Crippen molar-refractivity contribution in [3.05, 3.63) is 28.8 Å². The van der Waals surface area contributed by atoms with Crippen LogP contribution < -0.4 is 4.72 Å². The molecule has 7 heteroatoms. The summed E-state index contributed by atoms with van der Waals surface area (Å²) in [5, 5.41) is 8.90. The zero-order chi connectivity index (χ0) is 15.0. The first-order valence-electron chi connectivity index (χ1n) is 6.19. The van der Waals surface area contributed by atoms with Crippen LogP contribution in [0.2, 0.25) is 5.02 Å². The van der Waals surface area contributed by atoms with Gasteiger partial charge in [0.2, 0.25) is 10.0 Å². The van der Waals surface area contributed by atoms with Gasteiger partial charge in [0.1, 0.15) is 6.07 Å². The summed E-state index contributed by atoms with van der Waals surface area (Å²) < 4.78 is 26.6. The molecule has 0 aromatic heterocycles. The molecule has 1 aromatic carbocycles. The number of benzene rings is 1. The third-order valence-corrected chi connectivity index (χ3v) is 5.16. The maximum absolute atomic E-state index is 12.0. The quantitative estimate of drug-likeness (QED) is 0.743. The minimum Gasteiger partial charge on any atom is -0.211 e. The molecule has 1 aromatic rings. The summed E-state index contributed by atoms with van der Waals surface area (Å²) in [6.45, 7) is 0.411. The smallest absolute Gasteiger partial charge is 0.211 e. The van der Waals surface area contributed by atoms with Crippen molar-refractivity contribution in [2.75, 3.05) is 18.6 Å². The summed E-state index contributed by atoms with van der Waals surface area (Å²) in [6, 6.07) is 6.00. The van der Waals surface area contributed by atoms with Gasteiger partial charge in [0.15, 0.2) is 0 Å². The molecule has 0 saturated carbocycles. The highest BCUT2D eigenvalue weighted by atomic mass is 35.5. The first kappa shape index (κ1) is 17.3. The van der Waals surface area contributed by atoms with E-state index >= 15 is 0 Å². The molecular formula is C13H17ClN2O2S2. The molecule has 110 valence electrons. The number of nitriles is 1. The molecule has 0 amide bonds. The molecule has 0 unspecified atom stereocenters. The van der Waals surface area contributed by atoms with Gasteiger partial charge in [-0.15, -0.1) is 0 Å². The lowest BCUT2D eigenvalue weighted by molar-refractivity contribution is 0.576. The summed E-state index contributed by atoms with van der Waals surface area (Å²) >= 11 is 7.62. The average molecular weight is 333 g/mol. The average Bonchev–Trinajstić information content (AvgIpc) is 2.42. The molecular weight excluding hydrogens is 316 g/mol. The zero-order valence-corrected chi connectivity index (χ0v) is 13.6. The van der Waals surface area contributed by atoms with E-state index in [4.69, 9.17) is 16.9 Å². The van der Waals surface area contributed by atoms with Crippen LogP contribution in [0.15, 0.2) is 23.1 Å². The summed E-state index contributed by atoms with van der Waals surface area (Å²) in [6.07, 6.45) is 4.95. The lowest BCUT2D eigenvalue weighted by Gasteiger charge is -2.07. The van der Waals surface area contributed by atoms with E-state index in [1.807, 2.05) is 6.07 Å². The van der Waals surface area contributed by atoms with Crippen LogP contribution in [0.25, 0.3) is 0 Å². The summed E-state index contributed by atoms with van der Waals surface area (Å²) in [7, 11) is -3.55. The fourth-order valence-corrected chi connectivity index (χ4v) is 3.47. The number of nitrogens with zero attached hydrogens (tertiary/aromatic N) is 1. The predicted molar refractivity (Wildman–Crippen MR) is 83.6 cm³/mol. The largest absolute Gasteiger partial charge is 0.240 e. The van der Waals surface area contributed by atoms with Gasteiger partial charge in [0, 0.05) is 6.54 Å². The third-order valence-electron chi connectivity index (χ3n) is 2.69. The Hall–Kier alpha value is -0.740. The lowest BCUT2D eigenvalue weighted by Crippen LogP contribution is -2.24. The zero-order valence-electron chi connectivity index (χ0n) is 11.2. The SMILES string of the molecule is CSCCCCCNS(=O)(=O)c1ccc(C#N)c(Cl)c1. The second-order valence-electron chi connectivity index (χ2n) is 4.20. The highest BCUT2D eigenvalue weighted by molar-refractivity contribution is 7.98. The lowest BCUT2D eigenvalue weighted by atomic mass is 10.2. The van der Waals surface area contributed by atoms with Gasteiger partial charge >= 0.3 is 0 Å². The Morgan fingerprint density at radius 1 is 1.35 bits per heavy atom. The molecule has 0 heterocycles. The van der Waals surface area contributed by atoms with Gasteiger partial charge in [0.05, 0.1) is 15.5 Å². The number of hydrogen-bond donors (Lipinski definition) is 1. The topological polar surface area (TPSA) is 70.0 Å². The second kappa shape index (κ2) is 8.53. The minimum absolute atomic E-state index is 0.0885. The van der Waals surface area contributed by atoms with Crippen molar-refractivity contribution in [3.63, 3.8) is 0 Å². The number of hydrogen-bond acceptors (Lipinski definition) is 4. The fourth-order valence-electron chi connectivity index (χ4n) is 1.59. The number of halogens is 1. The molecule has 20 heavy (non-hydrogen) atoms. The van der Waals surface area contributed by atoms with E-state index in [2.05, 4.69) is 11.0 Å². The van der Waals surface area contributed by atoms with Gasteiger partial charge in [-0.25, -0.2) is 13.1 Å². The summed E-state index contributed by atoms with van der Waals surface area (Å²) in [5.74, 6) is 1.10. The minimum atomic E-state index is -3.55. The Bertz CT molecular complexity index is 583. The predicted octanol–water partition coefficient (Wildman–Crippen LogP) is 3.02. The molecule has 0 spiro atoms. The Kier molecular flexibility index (Phi) is 7.38. The molecule has 0 aliphatic heterocycles. The van der Waals surface area contributed by atoms with Gasteiger partial charge in [-0.1, -0.05) is 18.0 Å². The van der Waals surface area contributed by atoms with Crippen molar-refractivity contribution in [2.45, 2.75) is 24.2 Å². The van der Waals surface area contributed by atoms with Crippen molar-refractivity contribution in [1.29, 1.82) is 5.26 Å². The number of thioether (sulfide) groups is 1. The van der Waals surface area contributed by atoms with Gasteiger partial charge < -0.3 is 0 Å². The van der Waals surface area contributed by atoms with Crippen molar-refractivity contribution < 1.29 is 8.42 Å². The van der Waals surface area contributed by atoms with Crippen LogP contribution in [0, 0.1) is 11.3 Å². The molecule has 0 bridgehead atoms. The molecule has 4 nitrogen and oxygen atoms in total. The van der Waals surface area contributed by atoms with Crippen molar-refractivity contribution in [1.82, 2.24) is 4.72 Å². The Labute approximate surface area is 129 Å². The van der Waals surface area contributed by atoms with E-state index in [-0.39, 0.29) is 15.5 Å². The Morgan fingerprint density at radius 2 is 2.10 bits per heavy atom. The molecule has 0 saturated heterocycles. The highest BCUT2D eigenvalue weighted by Gasteiger charge is 2.14. The molecule has 0 aliphatic carbocycles. The monoisotopic (exact) mass is 332 g/mol. The highest BCUT2D eigenvalue weighted by Crippen LogP contribution is 2.20. The normalized spacial score (nSPS) is 11.2. The Morgan fingerprint density at radius 3 is 2.70 bits per heavy atom. The van der Waals surface area contributed by atoms with Gasteiger partial charge in [0.25, 0.3) is 0 Å². The maximum Gasteiger partial charge on any atom is 0.240 e. The van der Waals surface area contributed by atoms with E-state index in [1.165, 1.54) is 18.2 Å². The van der Waals surface area contributed by atoms with E-state index in [9.17, 15) is 8.42 Å². The van der Waals surface area contributed by atoms with E-state index in [0.717, 1.165) is 25.0 Å². The van der Waals surface area contributed by atoms with E-state index in [1.54, 1.807) is 11.8 Å². The summed E-state index contributed by atoms with van der Waals surface area (Å²) in [5.41, 5.74) is 0.266. The Balaban J connectivity index is 2.57. The van der Waals surface area contributed by atoms with Gasteiger partial charge in [-0.3, -0.25) is 0 Å². The molecule has 0 atom stereocenters. The van der Waals surface area contributed by atoms with Gasteiger partial charge in [-0.05, 0) is 43.0 Å². The number of nitrogens with one attached hydrogen (secondary N) is 1. The van der Waals surface area contributed by atoms with Gasteiger partial charge in [-0.2, -0.15) is 17.0 Å². The van der Waals surface area contributed by atoms with E-state index in [0.29, 0.717) is 6.54 Å². The van der Waals surface area contributed by atoms with E-state index < -0.39 is 10.0 Å². The van der Waals surface area contributed by atoms with Crippen molar-refractivity contribution in [2.24, 2.45) is 0 Å². The number of sulfonamides is 1. The number of rotatable bonds is 8. The molecule has 1 N–H and O–H groups in total.